The van der Waals surface area contributed by atoms with Gasteiger partial charge in [0.15, 0.2) is 0 Å². The molecule has 0 radical (unpaired) electrons. The molecule has 0 spiro atoms. The molecular formula is C22H22FN3O3S2. The van der Waals surface area contributed by atoms with E-state index in [9.17, 15) is 17.6 Å². The van der Waals surface area contributed by atoms with E-state index in [4.69, 9.17) is 0 Å². The van der Waals surface area contributed by atoms with Gasteiger partial charge in [0.1, 0.15) is 15.7 Å². The molecule has 31 heavy (non-hydrogen) atoms. The third kappa shape index (κ3) is 4.84. The zero-order chi connectivity index (χ0) is 22.0. The van der Waals surface area contributed by atoms with Crippen LogP contribution in [0.5, 0.6) is 0 Å². The van der Waals surface area contributed by atoms with E-state index in [2.05, 4.69) is 4.98 Å². The van der Waals surface area contributed by atoms with Crippen LogP contribution in [-0.4, -0.2) is 54.7 Å². The number of hydrogen-bond acceptors (Lipinski definition) is 5. The van der Waals surface area contributed by atoms with Gasteiger partial charge in [-0.1, -0.05) is 30.3 Å². The Labute approximate surface area is 185 Å². The third-order valence-corrected chi connectivity index (χ3v) is 8.24. The van der Waals surface area contributed by atoms with Crippen molar-refractivity contribution in [2.45, 2.75) is 12.7 Å². The summed E-state index contributed by atoms with van der Waals surface area (Å²) < 4.78 is 40.1. The molecule has 0 bridgehead atoms. The number of piperazine rings is 1. The monoisotopic (exact) mass is 459 g/mol. The van der Waals surface area contributed by atoms with Gasteiger partial charge in [-0.2, -0.15) is 4.31 Å². The molecule has 1 fully saturated rings. The van der Waals surface area contributed by atoms with E-state index in [0.717, 1.165) is 11.1 Å². The standard InChI is InChI=1S/C22H22FN3O3S2/c1-16-20(30-21(24-16)18-7-9-19(23)10-8-18)22(27)25-11-13-26(14-12-25)31(28,29)15-17-5-3-2-4-6-17/h2-10H,11-15H2,1H3. The summed E-state index contributed by atoms with van der Waals surface area (Å²) in [5.41, 5.74) is 2.12. The van der Waals surface area contributed by atoms with Gasteiger partial charge in [-0.15, -0.1) is 11.3 Å². The molecule has 6 nitrogen and oxygen atoms in total. The topological polar surface area (TPSA) is 70.6 Å². The van der Waals surface area contributed by atoms with Crippen molar-refractivity contribution < 1.29 is 17.6 Å². The molecule has 9 heteroatoms. The fourth-order valence-corrected chi connectivity index (χ4v) is 6.06. The maximum absolute atomic E-state index is 13.2. The number of carbonyl (C=O) groups excluding carboxylic acids is 1. The minimum absolute atomic E-state index is 0.0449. The van der Waals surface area contributed by atoms with Crippen LogP contribution in [0.25, 0.3) is 10.6 Å². The summed E-state index contributed by atoms with van der Waals surface area (Å²) in [6.07, 6.45) is 0. The van der Waals surface area contributed by atoms with E-state index in [0.29, 0.717) is 28.7 Å². The van der Waals surface area contributed by atoms with Crippen LogP contribution < -0.4 is 0 Å². The van der Waals surface area contributed by atoms with Crippen molar-refractivity contribution >= 4 is 27.3 Å². The molecule has 1 amide bonds. The predicted octanol–water partition coefficient (Wildman–Crippen LogP) is 3.55. The minimum Gasteiger partial charge on any atom is -0.335 e. The number of aromatic nitrogens is 1. The van der Waals surface area contributed by atoms with Crippen molar-refractivity contribution in [2.75, 3.05) is 26.2 Å². The number of halogens is 1. The summed E-state index contributed by atoms with van der Waals surface area (Å²) in [4.78, 5) is 19.7. The van der Waals surface area contributed by atoms with Crippen molar-refractivity contribution in [3.05, 3.63) is 76.5 Å². The molecule has 4 rings (SSSR count). The molecule has 1 aliphatic rings. The Kier molecular flexibility index (Phi) is 6.17. The summed E-state index contributed by atoms with van der Waals surface area (Å²) >= 11 is 1.27. The highest BCUT2D eigenvalue weighted by Gasteiger charge is 2.30. The second kappa shape index (κ2) is 8.86. The van der Waals surface area contributed by atoms with Crippen LogP contribution in [0.2, 0.25) is 0 Å². The highest BCUT2D eigenvalue weighted by molar-refractivity contribution is 7.88. The molecule has 1 aliphatic heterocycles. The first-order chi connectivity index (χ1) is 14.8. The quantitative estimate of drug-likeness (QED) is 0.585. The first kappa shape index (κ1) is 21.6. The van der Waals surface area contributed by atoms with Crippen LogP contribution in [0.1, 0.15) is 20.9 Å². The van der Waals surface area contributed by atoms with Gasteiger partial charge in [-0.3, -0.25) is 4.79 Å². The molecule has 0 N–H and O–H groups in total. The van der Waals surface area contributed by atoms with Gasteiger partial charge in [0.25, 0.3) is 5.91 Å². The van der Waals surface area contributed by atoms with Gasteiger partial charge in [-0.05, 0) is 36.8 Å². The SMILES string of the molecule is Cc1nc(-c2ccc(F)cc2)sc1C(=O)N1CCN(S(=O)(=O)Cc2ccccc2)CC1. The van der Waals surface area contributed by atoms with Gasteiger partial charge in [0.05, 0.1) is 11.4 Å². The second-order valence-electron chi connectivity index (χ2n) is 7.37. The summed E-state index contributed by atoms with van der Waals surface area (Å²) in [7, 11) is -3.44. The van der Waals surface area contributed by atoms with Crippen LogP contribution in [-0.2, 0) is 15.8 Å². The normalized spacial score (nSPS) is 15.2. The lowest BCUT2D eigenvalue weighted by atomic mass is 10.2. The fourth-order valence-electron chi connectivity index (χ4n) is 3.50. The number of amides is 1. The van der Waals surface area contributed by atoms with E-state index in [1.54, 1.807) is 36.1 Å². The number of benzene rings is 2. The summed E-state index contributed by atoms with van der Waals surface area (Å²) in [6.45, 7) is 2.97. The first-order valence-electron chi connectivity index (χ1n) is 9.88. The molecule has 1 aromatic heterocycles. The molecule has 0 unspecified atom stereocenters. The van der Waals surface area contributed by atoms with Crippen LogP contribution in [0.4, 0.5) is 4.39 Å². The maximum atomic E-state index is 13.2. The van der Waals surface area contributed by atoms with Gasteiger partial charge in [0.2, 0.25) is 10.0 Å². The molecule has 0 saturated carbocycles. The maximum Gasteiger partial charge on any atom is 0.265 e. The van der Waals surface area contributed by atoms with Crippen LogP contribution in [0.3, 0.4) is 0 Å². The summed E-state index contributed by atoms with van der Waals surface area (Å²) in [6, 6.07) is 15.1. The van der Waals surface area contributed by atoms with Gasteiger partial charge in [-0.25, -0.2) is 17.8 Å². The van der Waals surface area contributed by atoms with Crippen LogP contribution >= 0.6 is 11.3 Å². The van der Waals surface area contributed by atoms with E-state index < -0.39 is 10.0 Å². The lowest BCUT2D eigenvalue weighted by Gasteiger charge is -2.33. The number of hydrogen-bond donors (Lipinski definition) is 0. The Hall–Kier alpha value is -2.62. The molecule has 0 aliphatic carbocycles. The number of rotatable bonds is 5. The summed E-state index contributed by atoms with van der Waals surface area (Å²) in [5, 5.41) is 0.657. The lowest BCUT2D eigenvalue weighted by Crippen LogP contribution is -2.50. The zero-order valence-electron chi connectivity index (χ0n) is 17.0. The molecule has 2 heterocycles. The number of nitrogens with zero attached hydrogens (tertiary/aromatic N) is 3. The zero-order valence-corrected chi connectivity index (χ0v) is 18.6. The number of thiazole rings is 1. The van der Waals surface area contributed by atoms with E-state index in [1.807, 2.05) is 18.2 Å². The molecule has 2 aromatic carbocycles. The van der Waals surface area contributed by atoms with Crippen molar-refractivity contribution in [1.82, 2.24) is 14.2 Å². The Balaban J connectivity index is 1.42. The Morgan fingerprint density at radius 3 is 2.32 bits per heavy atom. The second-order valence-corrected chi connectivity index (χ2v) is 10.3. The minimum atomic E-state index is -3.44. The molecule has 162 valence electrons. The third-order valence-electron chi connectivity index (χ3n) is 5.19. The van der Waals surface area contributed by atoms with E-state index >= 15 is 0 Å². The first-order valence-corrected chi connectivity index (χ1v) is 12.3. The van der Waals surface area contributed by atoms with Crippen molar-refractivity contribution in [2.24, 2.45) is 0 Å². The molecular weight excluding hydrogens is 437 g/mol. The van der Waals surface area contributed by atoms with E-state index in [1.165, 1.54) is 27.8 Å². The Morgan fingerprint density at radius 1 is 1.03 bits per heavy atom. The molecule has 1 saturated heterocycles. The summed E-state index contributed by atoms with van der Waals surface area (Å²) in [5.74, 6) is -0.520. The molecule has 3 aromatic rings. The van der Waals surface area contributed by atoms with Crippen molar-refractivity contribution in [3.8, 4) is 10.6 Å². The predicted molar refractivity (Wildman–Crippen MR) is 119 cm³/mol. The smallest absolute Gasteiger partial charge is 0.265 e. The van der Waals surface area contributed by atoms with Crippen LogP contribution in [0.15, 0.2) is 54.6 Å². The average molecular weight is 460 g/mol. The average Bonchev–Trinajstić information content (AvgIpc) is 3.16. The van der Waals surface area contributed by atoms with E-state index in [-0.39, 0.29) is 30.6 Å². The van der Waals surface area contributed by atoms with Gasteiger partial charge in [0, 0.05) is 31.7 Å². The number of sulfonamides is 1. The van der Waals surface area contributed by atoms with Gasteiger partial charge >= 0.3 is 0 Å². The molecule has 0 atom stereocenters. The Bertz CT molecular complexity index is 1170. The lowest BCUT2D eigenvalue weighted by molar-refractivity contribution is 0.0701. The highest BCUT2D eigenvalue weighted by Crippen LogP contribution is 2.29. The number of aryl methyl sites for hydroxylation is 1. The van der Waals surface area contributed by atoms with Crippen molar-refractivity contribution in [3.63, 3.8) is 0 Å². The fraction of sp³-hybridized carbons (Fsp3) is 0.273. The largest absolute Gasteiger partial charge is 0.335 e. The Morgan fingerprint density at radius 2 is 1.68 bits per heavy atom. The van der Waals surface area contributed by atoms with Crippen molar-refractivity contribution in [1.29, 1.82) is 0 Å². The highest BCUT2D eigenvalue weighted by atomic mass is 32.2. The van der Waals surface area contributed by atoms with Crippen LogP contribution in [0, 0.1) is 12.7 Å². The number of carbonyl (C=O) groups is 1. The van der Waals surface area contributed by atoms with Gasteiger partial charge < -0.3 is 4.90 Å².